The van der Waals surface area contributed by atoms with Crippen molar-refractivity contribution in [1.82, 2.24) is 0 Å². The molecule has 1 unspecified atom stereocenters. The summed E-state index contributed by atoms with van der Waals surface area (Å²) in [4.78, 5) is 11.5. The third kappa shape index (κ3) is 3.06. The molecule has 0 saturated carbocycles. The number of methoxy groups -OCH3 is 1. The van der Waals surface area contributed by atoms with Crippen LogP contribution in [0.3, 0.4) is 0 Å². The molecule has 0 amide bonds. The van der Waals surface area contributed by atoms with Gasteiger partial charge in [0, 0.05) is 16.6 Å². The van der Waals surface area contributed by atoms with Crippen LogP contribution in [0.1, 0.15) is 25.5 Å². The predicted octanol–water partition coefficient (Wildman–Crippen LogP) is 3.12. The quantitative estimate of drug-likeness (QED) is 0.834. The van der Waals surface area contributed by atoms with Crippen LogP contribution in [0.15, 0.2) is 22.7 Å². The van der Waals surface area contributed by atoms with Crippen LogP contribution in [0.2, 0.25) is 0 Å². The van der Waals surface area contributed by atoms with E-state index >= 15 is 0 Å². The first kappa shape index (κ1) is 13.2. The molecule has 1 atom stereocenters. The summed E-state index contributed by atoms with van der Waals surface area (Å²) in [5.41, 5.74) is 0.756. The molecule has 0 aliphatic heterocycles. The van der Waals surface area contributed by atoms with E-state index in [4.69, 9.17) is 9.47 Å². The number of halogens is 1. The Morgan fingerprint density at radius 2 is 2.19 bits per heavy atom. The number of benzene rings is 1. The lowest BCUT2D eigenvalue weighted by atomic mass is 10.1. The van der Waals surface area contributed by atoms with Gasteiger partial charge in [-0.05, 0) is 32.0 Å². The van der Waals surface area contributed by atoms with E-state index < -0.39 is 6.10 Å². The lowest BCUT2D eigenvalue weighted by Gasteiger charge is -2.17. The van der Waals surface area contributed by atoms with Gasteiger partial charge in [-0.3, -0.25) is 4.79 Å². The van der Waals surface area contributed by atoms with E-state index in [0.717, 1.165) is 10.0 Å². The first-order valence-corrected chi connectivity index (χ1v) is 5.85. The molecule has 0 bridgehead atoms. The van der Waals surface area contributed by atoms with Crippen molar-refractivity contribution in [2.75, 3.05) is 13.7 Å². The van der Waals surface area contributed by atoms with E-state index in [1.165, 1.54) is 6.92 Å². The van der Waals surface area contributed by atoms with Gasteiger partial charge in [0.05, 0.1) is 7.11 Å². The number of ketones is 1. The SMILES string of the molecule is CCOC(C(C)=O)c1cc(Br)ccc1OC. The maximum atomic E-state index is 11.5. The van der Waals surface area contributed by atoms with Gasteiger partial charge in [0.15, 0.2) is 5.78 Å². The first-order valence-electron chi connectivity index (χ1n) is 5.05. The molecule has 0 N–H and O–H groups in total. The Hall–Kier alpha value is -0.870. The topological polar surface area (TPSA) is 35.5 Å². The molecule has 16 heavy (non-hydrogen) atoms. The van der Waals surface area contributed by atoms with Gasteiger partial charge in [0.1, 0.15) is 11.9 Å². The van der Waals surface area contributed by atoms with Crippen LogP contribution in [-0.2, 0) is 9.53 Å². The molecule has 88 valence electrons. The molecule has 0 saturated heterocycles. The van der Waals surface area contributed by atoms with Gasteiger partial charge in [0.25, 0.3) is 0 Å². The molecular formula is C12H15BrO3. The third-order valence-corrected chi connectivity index (χ3v) is 2.67. The number of Topliss-reactive ketones (excluding diaryl/α,β-unsaturated/α-hetero) is 1. The van der Waals surface area contributed by atoms with Crippen LogP contribution in [0.5, 0.6) is 5.75 Å². The van der Waals surface area contributed by atoms with E-state index in [1.54, 1.807) is 7.11 Å². The zero-order valence-corrected chi connectivity index (χ0v) is 11.2. The molecule has 1 aromatic rings. The number of ether oxygens (including phenoxy) is 2. The van der Waals surface area contributed by atoms with Crippen LogP contribution in [0, 0.1) is 0 Å². The van der Waals surface area contributed by atoms with E-state index in [9.17, 15) is 4.79 Å². The highest BCUT2D eigenvalue weighted by atomic mass is 79.9. The maximum Gasteiger partial charge on any atom is 0.163 e. The number of carbonyl (C=O) groups excluding carboxylic acids is 1. The second-order valence-corrected chi connectivity index (χ2v) is 4.25. The summed E-state index contributed by atoms with van der Waals surface area (Å²) in [6, 6.07) is 5.53. The fourth-order valence-corrected chi connectivity index (χ4v) is 1.88. The second kappa shape index (κ2) is 6.01. The summed E-state index contributed by atoms with van der Waals surface area (Å²) in [5.74, 6) is 0.634. The standard InChI is InChI=1S/C12H15BrO3/c1-4-16-12(8(2)14)10-7-9(13)5-6-11(10)15-3/h5-7,12H,4H2,1-3H3. The van der Waals surface area contributed by atoms with E-state index in [2.05, 4.69) is 15.9 Å². The van der Waals surface area contributed by atoms with Crippen molar-refractivity contribution in [3.63, 3.8) is 0 Å². The Morgan fingerprint density at radius 3 is 2.69 bits per heavy atom. The molecule has 0 aliphatic carbocycles. The molecular weight excluding hydrogens is 272 g/mol. The van der Waals surface area contributed by atoms with Gasteiger partial charge in [-0.15, -0.1) is 0 Å². The fourth-order valence-electron chi connectivity index (χ4n) is 1.50. The van der Waals surface area contributed by atoms with E-state index in [1.807, 2.05) is 25.1 Å². The molecule has 0 aromatic heterocycles. The minimum absolute atomic E-state index is 0.0294. The maximum absolute atomic E-state index is 11.5. The van der Waals surface area contributed by atoms with Crippen LogP contribution in [-0.4, -0.2) is 19.5 Å². The Bertz CT molecular complexity index is 377. The molecule has 0 spiro atoms. The minimum atomic E-state index is -0.558. The summed E-state index contributed by atoms with van der Waals surface area (Å²) in [7, 11) is 1.58. The van der Waals surface area contributed by atoms with Crippen molar-refractivity contribution in [2.45, 2.75) is 20.0 Å². The van der Waals surface area contributed by atoms with Crippen molar-refractivity contribution in [3.8, 4) is 5.75 Å². The monoisotopic (exact) mass is 286 g/mol. The lowest BCUT2D eigenvalue weighted by molar-refractivity contribution is -0.128. The fraction of sp³-hybridized carbons (Fsp3) is 0.417. The number of rotatable bonds is 5. The largest absolute Gasteiger partial charge is 0.496 e. The van der Waals surface area contributed by atoms with Crippen molar-refractivity contribution in [3.05, 3.63) is 28.2 Å². The summed E-state index contributed by atoms with van der Waals surface area (Å²) < 4.78 is 11.6. The van der Waals surface area contributed by atoms with Gasteiger partial charge in [-0.2, -0.15) is 0 Å². The number of carbonyl (C=O) groups is 1. The van der Waals surface area contributed by atoms with Gasteiger partial charge in [-0.1, -0.05) is 15.9 Å². The number of hydrogen-bond donors (Lipinski definition) is 0. The highest BCUT2D eigenvalue weighted by molar-refractivity contribution is 9.10. The molecule has 1 aromatic carbocycles. The molecule has 0 aliphatic rings. The normalized spacial score (nSPS) is 12.2. The van der Waals surface area contributed by atoms with Gasteiger partial charge in [-0.25, -0.2) is 0 Å². The van der Waals surface area contributed by atoms with Gasteiger partial charge >= 0.3 is 0 Å². The highest BCUT2D eigenvalue weighted by Crippen LogP contribution is 2.31. The molecule has 3 nitrogen and oxygen atoms in total. The average Bonchev–Trinajstić information content (AvgIpc) is 2.25. The molecule has 0 heterocycles. The van der Waals surface area contributed by atoms with Crippen molar-refractivity contribution >= 4 is 21.7 Å². The summed E-state index contributed by atoms with van der Waals surface area (Å²) in [5, 5.41) is 0. The zero-order chi connectivity index (χ0) is 12.1. The second-order valence-electron chi connectivity index (χ2n) is 3.33. The highest BCUT2D eigenvalue weighted by Gasteiger charge is 2.21. The zero-order valence-electron chi connectivity index (χ0n) is 9.62. The summed E-state index contributed by atoms with van der Waals surface area (Å²) in [6.45, 7) is 3.86. The van der Waals surface area contributed by atoms with Crippen molar-refractivity contribution in [1.29, 1.82) is 0 Å². The molecule has 1 rings (SSSR count). The Labute approximate surface area is 104 Å². The van der Waals surface area contributed by atoms with Crippen LogP contribution in [0.4, 0.5) is 0 Å². The number of hydrogen-bond acceptors (Lipinski definition) is 3. The van der Waals surface area contributed by atoms with Gasteiger partial charge in [0.2, 0.25) is 0 Å². The van der Waals surface area contributed by atoms with E-state index in [0.29, 0.717) is 12.4 Å². The molecule has 4 heteroatoms. The molecule has 0 radical (unpaired) electrons. The van der Waals surface area contributed by atoms with Crippen LogP contribution < -0.4 is 4.74 Å². The first-order chi connectivity index (χ1) is 7.60. The Balaban J connectivity index is 3.15. The van der Waals surface area contributed by atoms with Gasteiger partial charge < -0.3 is 9.47 Å². The van der Waals surface area contributed by atoms with Crippen LogP contribution >= 0.6 is 15.9 Å². The Kier molecular flexibility index (Phi) is 4.96. The third-order valence-electron chi connectivity index (χ3n) is 2.18. The van der Waals surface area contributed by atoms with E-state index in [-0.39, 0.29) is 5.78 Å². The minimum Gasteiger partial charge on any atom is -0.496 e. The summed E-state index contributed by atoms with van der Waals surface area (Å²) >= 11 is 3.37. The van der Waals surface area contributed by atoms with Crippen LogP contribution in [0.25, 0.3) is 0 Å². The smallest absolute Gasteiger partial charge is 0.163 e. The summed E-state index contributed by atoms with van der Waals surface area (Å²) in [6.07, 6.45) is -0.558. The van der Waals surface area contributed by atoms with Crippen molar-refractivity contribution < 1.29 is 14.3 Å². The Morgan fingerprint density at radius 1 is 1.50 bits per heavy atom. The average molecular weight is 287 g/mol. The lowest BCUT2D eigenvalue weighted by Crippen LogP contribution is -2.14. The predicted molar refractivity (Wildman–Crippen MR) is 65.7 cm³/mol. The van der Waals surface area contributed by atoms with Crippen molar-refractivity contribution in [2.24, 2.45) is 0 Å². The molecule has 0 fully saturated rings.